The predicted octanol–water partition coefficient (Wildman–Crippen LogP) is 5.36. The normalized spacial score (nSPS) is 17.8. The van der Waals surface area contributed by atoms with Gasteiger partial charge >= 0.3 is 0 Å². The van der Waals surface area contributed by atoms with E-state index in [1.54, 1.807) is 24.3 Å². The Kier molecular flexibility index (Phi) is 4.06. The van der Waals surface area contributed by atoms with Crippen molar-refractivity contribution in [2.75, 3.05) is 10.2 Å². The number of hydrogen-bond acceptors (Lipinski definition) is 4. The Balaban J connectivity index is 1.82. The highest BCUT2D eigenvalue weighted by molar-refractivity contribution is 6.29. The minimum atomic E-state index is -0.150. The van der Waals surface area contributed by atoms with E-state index in [1.165, 1.54) is 0 Å². The van der Waals surface area contributed by atoms with Crippen LogP contribution in [0.5, 0.6) is 0 Å². The molecule has 1 aliphatic heterocycles. The van der Waals surface area contributed by atoms with Gasteiger partial charge in [-0.25, -0.2) is 0 Å². The van der Waals surface area contributed by atoms with E-state index in [4.69, 9.17) is 0 Å². The Morgan fingerprint density at radius 2 is 1.41 bits per heavy atom. The number of ketones is 2. The molecule has 3 aromatic carbocycles. The highest BCUT2D eigenvalue weighted by Crippen LogP contribution is 2.43. The molecule has 2 aliphatic rings. The lowest BCUT2D eigenvalue weighted by Gasteiger charge is -2.35. The molecular weight excluding hydrogens is 360 g/mol. The lowest BCUT2D eigenvalue weighted by Crippen LogP contribution is -2.36. The molecule has 1 atom stereocenters. The summed E-state index contributed by atoms with van der Waals surface area (Å²) in [5.74, 6) is -0.277. The molecule has 1 unspecified atom stereocenters. The van der Waals surface area contributed by atoms with Crippen LogP contribution in [0.1, 0.15) is 45.7 Å². The molecule has 0 saturated heterocycles. The van der Waals surface area contributed by atoms with Crippen molar-refractivity contribution in [3.63, 3.8) is 0 Å². The average Bonchev–Trinajstić information content (AvgIpc) is 2.92. The number of carbonyl (C=O) groups excluding carboxylic acids is 2. The summed E-state index contributed by atoms with van der Waals surface area (Å²) in [6, 6.07) is 24.8. The monoisotopic (exact) mass is 380 g/mol. The number of carbonyl (C=O) groups is 2. The summed E-state index contributed by atoms with van der Waals surface area (Å²) >= 11 is 0. The maximum Gasteiger partial charge on any atom is 0.212 e. The van der Waals surface area contributed by atoms with Crippen LogP contribution in [0.4, 0.5) is 11.4 Å². The van der Waals surface area contributed by atoms with Gasteiger partial charge in [0.05, 0.1) is 6.04 Å². The van der Waals surface area contributed by atoms with E-state index in [1.807, 2.05) is 53.4 Å². The maximum atomic E-state index is 13.7. The zero-order chi connectivity index (χ0) is 20.0. The van der Waals surface area contributed by atoms with Gasteiger partial charge in [0.2, 0.25) is 11.6 Å². The number of nitrogens with zero attached hydrogens (tertiary/aromatic N) is 1. The van der Waals surface area contributed by atoms with Crippen LogP contribution in [0.2, 0.25) is 0 Å². The van der Waals surface area contributed by atoms with Crippen LogP contribution in [0.25, 0.3) is 0 Å². The molecule has 0 fully saturated rings. The van der Waals surface area contributed by atoms with E-state index in [0.717, 1.165) is 23.4 Å². The fourth-order valence-electron chi connectivity index (χ4n) is 4.34. The molecule has 0 radical (unpaired) electrons. The molecule has 1 aliphatic carbocycles. The number of Topliss-reactive ketones (excluding diaryl/α,β-unsaturated/α-hetero) is 2. The second kappa shape index (κ2) is 6.74. The minimum absolute atomic E-state index is 0.0735. The standard InChI is InChI=1S/C25H20N2O2/c1-2-21-19-14-8-9-15-20(19)26-22-23(27(21)16-10-4-3-5-11-16)25(29)18-13-7-6-12-17(18)24(22)28/h3-15,21,26H,2H2,1H3. The van der Waals surface area contributed by atoms with Crippen LogP contribution < -0.4 is 10.2 Å². The van der Waals surface area contributed by atoms with Gasteiger partial charge < -0.3 is 10.2 Å². The fourth-order valence-corrected chi connectivity index (χ4v) is 4.34. The molecule has 1 heterocycles. The van der Waals surface area contributed by atoms with Crippen molar-refractivity contribution >= 4 is 22.9 Å². The lowest BCUT2D eigenvalue weighted by molar-refractivity contribution is 0.0972. The summed E-state index contributed by atoms with van der Waals surface area (Å²) in [5.41, 5.74) is 4.50. The first-order chi connectivity index (χ1) is 14.2. The van der Waals surface area contributed by atoms with Gasteiger partial charge in [0, 0.05) is 22.5 Å². The molecule has 0 bridgehead atoms. The summed E-state index contributed by atoms with van der Waals surface area (Å²) in [4.78, 5) is 29.1. The third-order valence-corrected chi connectivity index (χ3v) is 5.65. The van der Waals surface area contributed by atoms with E-state index in [9.17, 15) is 9.59 Å². The number of allylic oxidation sites excluding steroid dienone is 2. The zero-order valence-electron chi connectivity index (χ0n) is 16.1. The minimum Gasteiger partial charge on any atom is -0.350 e. The molecule has 29 heavy (non-hydrogen) atoms. The van der Waals surface area contributed by atoms with Gasteiger partial charge in [-0.15, -0.1) is 0 Å². The Hall–Kier alpha value is -3.66. The molecule has 0 spiro atoms. The van der Waals surface area contributed by atoms with E-state index >= 15 is 0 Å². The highest BCUT2D eigenvalue weighted by Gasteiger charge is 2.40. The molecule has 4 heteroatoms. The maximum absolute atomic E-state index is 13.7. The third kappa shape index (κ3) is 2.60. The van der Waals surface area contributed by atoms with Crippen LogP contribution >= 0.6 is 0 Å². The number of para-hydroxylation sites is 2. The molecular formula is C25H20N2O2. The number of hydrogen-bond donors (Lipinski definition) is 1. The second-order valence-electron chi connectivity index (χ2n) is 7.27. The van der Waals surface area contributed by atoms with Crippen LogP contribution in [-0.2, 0) is 0 Å². The first-order valence-electron chi connectivity index (χ1n) is 9.83. The number of benzene rings is 3. The summed E-state index contributed by atoms with van der Waals surface area (Å²) in [7, 11) is 0. The van der Waals surface area contributed by atoms with Gasteiger partial charge in [0.15, 0.2) is 0 Å². The van der Waals surface area contributed by atoms with Crippen LogP contribution in [0, 0.1) is 0 Å². The summed E-state index contributed by atoms with van der Waals surface area (Å²) in [6.07, 6.45) is 0.785. The highest BCUT2D eigenvalue weighted by atomic mass is 16.1. The second-order valence-corrected chi connectivity index (χ2v) is 7.27. The van der Waals surface area contributed by atoms with Gasteiger partial charge in [0.1, 0.15) is 11.4 Å². The Bertz CT molecular complexity index is 1160. The number of anilines is 2. The summed E-state index contributed by atoms with van der Waals surface area (Å²) < 4.78 is 0. The first kappa shape index (κ1) is 17.4. The molecule has 0 amide bonds. The molecule has 5 rings (SSSR count). The van der Waals surface area contributed by atoms with Crippen LogP contribution in [0.3, 0.4) is 0 Å². The van der Waals surface area contributed by atoms with Crippen molar-refractivity contribution in [1.29, 1.82) is 0 Å². The van der Waals surface area contributed by atoms with Gasteiger partial charge in [-0.3, -0.25) is 9.59 Å². The average molecular weight is 380 g/mol. The van der Waals surface area contributed by atoms with Crippen molar-refractivity contribution < 1.29 is 9.59 Å². The van der Waals surface area contributed by atoms with Crippen LogP contribution in [0.15, 0.2) is 90.3 Å². The smallest absolute Gasteiger partial charge is 0.212 e. The number of nitrogens with one attached hydrogen (secondary N) is 1. The van der Waals surface area contributed by atoms with Gasteiger partial charge in [-0.1, -0.05) is 67.6 Å². The largest absolute Gasteiger partial charge is 0.350 e. The number of fused-ring (bicyclic) bond motifs is 2. The van der Waals surface area contributed by atoms with E-state index in [-0.39, 0.29) is 17.6 Å². The molecule has 142 valence electrons. The van der Waals surface area contributed by atoms with Crippen molar-refractivity contribution in [1.82, 2.24) is 0 Å². The van der Waals surface area contributed by atoms with Crippen molar-refractivity contribution in [2.24, 2.45) is 0 Å². The fraction of sp³-hybridized carbons (Fsp3) is 0.120. The van der Waals surface area contributed by atoms with Gasteiger partial charge in [0.25, 0.3) is 0 Å². The Morgan fingerprint density at radius 3 is 2.14 bits per heavy atom. The van der Waals surface area contributed by atoms with E-state index in [2.05, 4.69) is 18.3 Å². The Morgan fingerprint density at radius 1 is 0.793 bits per heavy atom. The molecule has 0 aromatic heterocycles. The van der Waals surface area contributed by atoms with Crippen molar-refractivity contribution in [3.05, 3.63) is 107 Å². The van der Waals surface area contributed by atoms with E-state index in [0.29, 0.717) is 22.5 Å². The zero-order valence-corrected chi connectivity index (χ0v) is 16.1. The van der Waals surface area contributed by atoms with Crippen molar-refractivity contribution in [2.45, 2.75) is 19.4 Å². The SMILES string of the molecule is CCC1c2ccccc2NC2=C(C(=O)c3ccccc3C2=O)N1c1ccccc1. The molecule has 3 aromatic rings. The third-order valence-electron chi connectivity index (χ3n) is 5.65. The first-order valence-corrected chi connectivity index (χ1v) is 9.83. The van der Waals surface area contributed by atoms with Gasteiger partial charge in [-0.05, 0) is 30.2 Å². The molecule has 0 saturated carbocycles. The summed E-state index contributed by atoms with van der Waals surface area (Å²) in [5, 5.41) is 3.31. The number of rotatable bonds is 2. The lowest BCUT2D eigenvalue weighted by atomic mass is 9.89. The predicted molar refractivity (Wildman–Crippen MR) is 114 cm³/mol. The Labute approximate surface area is 169 Å². The quantitative estimate of drug-likeness (QED) is 0.650. The topological polar surface area (TPSA) is 49.4 Å². The summed E-state index contributed by atoms with van der Waals surface area (Å²) in [6.45, 7) is 2.10. The molecule has 1 N–H and O–H groups in total. The van der Waals surface area contributed by atoms with Crippen LogP contribution in [-0.4, -0.2) is 11.6 Å². The van der Waals surface area contributed by atoms with E-state index < -0.39 is 0 Å². The van der Waals surface area contributed by atoms with Gasteiger partial charge in [-0.2, -0.15) is 0 Å². The molecule has 4 nitrogen and oxygen atoms in total. The van der Waals surface area contributed by atoms with Crippen molar-refractivity contribution in [3.8, 4) is 0 Å².